The van der Waals surface area contributed by atoms with Crippen LogP contribution in [0.5, 0.6) is 0 Å². The summed E-state index contributed by atoms with van der Waals surface area (Å²) < 4.78 is 3.05. The van der Waals surface area contributed by atoms with E-state index in [9.17, 15) is 0 Å². The number of nitrogens with zero attached hydrogens (tertiary/aromatic N) is 2. The number of benzene rings is 3. The normalized spacial score (nSPS) is 13.7. The molecule has 1 aliphatic heterocycles. The van der Waals surface area contributed by atoms with E-state index in [4.69, 9.17) is 5.10 Å². The third-order valence-electron chi connectivity index (χ3n) is 4.02. The third-order valence-corrected chi connectivity index (χ3v) is 5.50. The minimum Gasteiger partial charge on any atom is -0.277 e. The predicted molar refractivity (Wildman–Crippen MR) is 123 cm³/mol. The van der Waals surface area contributed by atoms with Gasteiger partial charge in [-0.05, 0) is 48.5 Å². The van der Waals surface area contributed by atoms with E-state index >= 15 is 0 Å². The van der Waals surface area contributed by atoms with Crippen LogP contribution in [0, 0.1) is 0 Å². The van der Waals surface area contributed by atoms with Gasteiger partial charge in [-0.3, -0.25) is 5.43 Å². The molecule has 1 aliphatic rings. The molecule has 1 N–H and O–H groups in total. The van der Waals surface area contributed by atoms with Crippen LogP contribution in [-0.4, -0.2) is 5.71 Å². The van der Waals surface area contributed by atoms with Gasteiger partial charge in [0.1, 0.15) is 0 Å². The first-order valence-electron chi connectivity index (χ1n) is 8.23. The van der Waals surface area contributed by atoms with E-state index in [1.807, 2.05) is 48.5 Å². The first kappa shape index (κ1) is 18.5. The van der Waals surface area contributed by atoms with Crippen LogP contribution in [0.4, 0.5) is 5.69 Å². The van der Waals surface area contributed by atoms with E-state index in [1.165, 1.54) is 0 Å². The second-order valence-electron chi connectivity index (χ2n) is 5.97. The van der Waals surface area contributed by atoms with Crippen LogP contribution in [0.25, 0.3) is 5.70 Å². The van der Waals surface area contributed by atoms with Gasteiger partial charge in [0.2, 0.25) is 0 Å². The molecule has 0 bridgehead atoms. The molecule has 0 amide bonds. The van der Waals surface area contributed by atoms with Crippen LogP contribution in [0.3, 0.4) is 0 Å². The molecule has 4 rings (SSSR count). The topological polar surface area (TPSA) is 27.6 Å². The maximum atomic E-state index is 4.81. The van der Waals surface area contributed by atoms with Crippen LogP contribution in [0.15, 0.2) is 97.4 Å². The summed E-state index contributed by atoms with van der Waals surface area (Å²) in [5.74, 6) is 0. The highest BCUT2D eigenvalue weighted by Gasteiger charge is 2.17. The lowest BCUT2D eigenvalue weighted by atomic mass is 10.1. The zero-order chi connectivity index (χ0) is 18.8. The number of hydrazone groups is 1. The van der Waals surface area contributed by atoms with Gasteiger partial charge in [0, 0.05) is 24.5 Å². The fourth-order valence-corrected chi connectivity index (χ4v) is 3.95. The third kappa shape index (κ3) is 4.34. The van der Waals surface area contributed by atoms with Crippen LogP contribution < -0.4 is 10.5 Å². The van der Waals surface area contributed by atoms with Crippen molar-refractivity contribution < 1.29 is 0 Å². The number of halogens is 3. The second-order valence-corrected chi connectivity index (χ2v) is 8.71. The molecule has 0 aliphatic carbocycles. The van der Waals surface area contributed by atoms with Gasteiger partial charge < -0.3 is 0 Å². The Balaban J connectivity index is 1.81. The Morgan fingerprint density at radius 2 is 1.30 bits per heavy atom. The van der Waals surface area contributed by atoms with Crippen LogP contribution >= 0.6 is 47.8 Å². The van der Waals surface area contributed by atoms with E-state index in [2.05, 4.69) is 83.6 Å². The molecule has 3 aromatic carbocycles. The molecule has 27 heavy (non-hydrogen) atoms. The minimum atomic E-state index is 0.880. The average molecular weight is 548 g/mol. The van der Waals surface area contributed by atoms with Gasteiger partial charge >= 0.3 is 0 Å². The van der Waals surface area contributed by atoms with Crippen molar-refractivity contribution >= 4 is 64.9 Å². The summed E-state index contributed by atoms with van der Waals surface area (Å²) in [5.41, 5.74) is 8.32. The first-order valence-corrected chi connectivity index (χ1v) is 10.6. The van der Waals surface area contributed by atoms with Crippen LogP contribution in [-0.2, 0) is 0 Å². The number of anilines is 1. The van der Waals surface area contributed by atoms with Crippen molar-refractivity contribution in [3.05, 3.63) is 103 Å². The molecule has 1 heterocycles. The Hall–Kier alpha value is -1.89. The summed E-state index contributed by atoms with van der Waals surface area (Å²) in [4.78, 5) is 0. The predicted octanol–water partition coefficient (Wildman–Crippen LogP) is 6.74. The number of allylic oxidation sites excluding steroid dienone is 1. The fraction of sp³-hybridized carbons (Fsp3) is 0. The summed E-state index contributed by atoms with van der Waals surface area (Å²) in [6.07, 6.45) is 2.07. The Bertz CT molecular complexity index is 1060. The van der Waals surface area contributed by atoms with E-state index in [0.717, 1.165) is 41.6 Å². The Morgan fingerprint density at radius 3 is 1.96 bits per heavy atom. The summed E-state index contributed by atoms with van der Waals surface area (Å²) in [5, 5.41) is 6.61. The van der Waals surface area contributed by atoms with Crippen LogP contribution in [0.2, 0.25) is 0 Å². The summed E-state index contributed by atoms with van der Waals surface area (Å²) in [6.45, 7) is 0. The summed E-state index contributed by atoms with van der Waals surface area (Å²) in [7, 11) is 0. The molecule has 0 spiro atoms. The van der Waals surface area contributed by atoms with Gasteiger partial charge in [-0.25, -0.2) is 0 Å². The zero-order valence-electron chi connectivity index (χ0n) is 14.0. The number of hydrogen-bond donors (Lipinski definition) is 1. The molecule has 0 unspecified atom stereocenters. The number of rotatable bonds is 3. The molecule has 0 radical (unpaired) electrons. The largest absolute Gasteiger partial charge is 0.277 e. The van der Waals surface area contributed by atoms with E-state index in [1.54, 1.807) is 5.12 Å². The molecule has 0 saturated carbocycles. The quantitative estimate of drug-likeness (QED) is 0.393. The molecule has 0 saturated heterocycles. The Labute approximate surface area is 183 Å². The summed E-state index contributed by atoms with van der Waals surface area (Å²) >= 11 is 10.6. The van der Waals surface area contributed by atoms with Crippen LogP contribution in [0.1, 0.15) is 11.1 Å². The van der Waals surface area contributed by atoms with E-state index in [0.29, 0.717) is 0 Å². The second kappa shape index (κ2) is 8.00. The molecule has 0 aromatic heterocycles. The lowest BCUT2D eigenvalue weighted by molar-refractivity contribution is 0.787. The summed E-state index contributed by atoms with van der Waals surface area (Å²) in [6, 6.07) is 24.4. The Morgan fingerprint density at radius 1 is 0.704 bits per heavy atom. The van der Waals surface area contributed by atoms with Gasteiger partial charge in [0.25, 0.3) is 0 Å². The SMILES string of the molecule is Brc1cccc(C2=CC(c3cccc(Br)c3)=NN(c3cccc(Br)c3)N2)c1. The highest BCUT2D eigenvalue weighted by molar-refractivity contribution is 9.11. The monoisotopic (exact) mass is 545 g/mol. The smallest absolute Gasteiger partial charge is 0.0950 e. The lowest BCUT2D eigenvalue weighted by Gasteiger charge is -2.28. The van der Waals surface area contributed by atoms with Gasteiger partial charge in [-0.2, -0.15) is 10.2 Å². The molecule has 3 aromatic rings. The van der Waals surface area contributed by atoms with Gasteiger partial charge in [0.15, 0.2) is 0 Å². The van der Waals surface area contributed by atoms with Crippen molar-refractivity contribution in [1.29, 1.82) is 0 Å². The molecular formula is C21H14Br3N3. The molecule has 3 nitrogen and oxygen atoms in total. The highest BCUT2D eigenvalue weighted by atomic mass is 79.9. The molecule has 6 heteroatoms. The molecular weight excluding hydrogens is 534 g/mol. The zero-order valence-corrected chi connectivity index (χ0v) is 18.8. The van der Waals surface area contributed by atoms with E-state index in [-0.39, 0.29) is 0 Å². The van der Waals surface area contributed by atoms with Crippen molar-refractivity contribution in [2.45, 2.75) is 0 Å². The minimum absolute atomic E-state index is 0.880. The molecule has 0 atom stereocenters. The van der Waals surface area contributed by atoms with E-state index < -0.39 is 0 Å². The molecule has 134 valence electrons. The lowest BCUT2D eigenvalue weighted by Crippen LogP contribution is -2.36. The standard InChI is InChI=1S/C21H14Br3N3/c22-16-6-1-4-14(10-16)20-13-21(15-5-2-7-17(23)11-15)26-27(25-20)19-9-3-8-18(24)12-19/h1-13,25H. The van der Waals surface area contributed by atoms with Crippen molar-refractivity contribution in [3.63, 3.8) is 0 Å². The Kier molecular flexibility index (Phi) is 5.48. The maximum Gasteiger partial charge on any atom is 0.0950 e. The average Bonchev–Trinajstić information content (AvgIpc) is 2.68. The van der Waals surface area contributed by atoms with Crippen molar-refractivity contribution in [2.24, 2.45) is 5.10 Å². The van der Waals surface area contributed by atoms with Gasteiger partial charge in [0.05, 0.1) is 17.1 Å². The van der Waals surface area contributed by atoms with Crippen molar-refractivity contribution in [2.75, 3.05) is 5.12 Å². The fourth-order valence-electron chi connectivity index (χ4n) is 2.77. The van der Waals surface area contributed by atoms with Gasteiger partial charge in [-0.15, -0.1) is 0 Å². The van der Waals surface area contributed by atoms with Gasteiger partial charge in [-0.1, -0.05) is 78.1 Å². The number of hydrogen-bond acceptors (Lipinski definition) is 3. The molecule has 0 fully saturated rings. The maximum absolute atomic E-state index is 4.81. The number of hydrazine groups is 1. The first-order chi connectivity index (χ1) is 13.1. The highest BCUT2D eigenvalue weighted by Crippen LogP contribution is 2.26. The van der Waals surface area contributed by atoms with Crippen molar-refractivity contribution in [1.82, 2.24) is 5.43 Å². The number of nitrogens with one attached hydrogen (secondary N) is 1. The van der Waals surface area contributed by atoms with Crippen molar-refractivity contribution in [3.8, 4) is 0 Å².